The van der Waals surface area contributed by atoms with Crippen LogP contribution in [0.1, 0.15) is 24.7 Å². The number of nitrogens with zero attached hydrogens (tertiary/aromatic N) is 3. The largest absolute Gasteiger partial charge is 0.462 e. The van der Waals surface area contributed by atoms with Gasteiger partial charge in [0.15, 0.2) is 0 Å². The Kier molecular flexibility index (Phi) is 2.63. The Balaban J connectivity index is 1.45. The van der Waals surface area contributed by atoms with E-state index in [0.717, 1.165) is 12.8 Å². The molecule has 2 aromatic rings. The van der Waals surface area contributed by atoms with Crippen molar-refractivity contribution in [2.24, 2.45) is 17.8 Å². The topological polar surface area (TPSA) is 108 Å². The maximum atomic E-state index is 12.1. The molecule has 0 N–H and O–H groups in total. The molecule has 0 unspecified atom stereocenters. The normalized spacial score (nSPS) is 33.0. The number of aromatic nitrogens is 2. The quantitative estimate of drug-likeness (QED) is 0.483. The molecule has 1 saturated heterocycles. The molecule has 122 valence electrons. The fraction of sp³-hybridized carbons (Fsp3) is 0.438. The summed E-state index contributed by atoms with van der Waals surface area (Å²) in [5, 5.41) is 14.7. The molecule has 0 radical (unpaired) electrons. The minimum absolute atomic E-state index is 0.00955. The molecule has 1 aromatic heterocycles. The molecule has 8 heteroatoms. The number of nitro groups is 1. The monoisotopic (exact) mass is 327 g/mol. The highest BCUT2D eigenvalue weighted by Gasteiger charge is 2.63. The number of esters is 1. The Morgan fingerprint density at radius 2 is 1.96 bits per heavy atom. The summed E-state index contributed by atoms with van der Waals surface area (Å²) in [6.45, 7) is 0. The van der Waals surface area contributed by atoms with Crippen LogP contribution in [0.2, 0.25) is 0 Å². The van der Waals surface area contributed by atoms with Crippen molar-refractivity contribution in [2.75, 3.05) is 0 Å². The van der Waals surface area contributed by atoms with Crippen LogP contribution in [0.4, 0.5) is 5.69 Å². The summed E-state index contributed by atoms with van der Waals surface area (Å²) in [5.41, 5.74) is 0.654. The lowest BCUT2D eigenvalue weighted by Gasteiger charge is -2.20. The van der Waals surface area contributed by atoms with Gasteiger partial charge in [-0.2, -0.15) is 4.98 Å². The number of fused-ring (bicyclic) bond motifs is 1. The number of hydrogen-bond donors (Lipinski definition) is 0. The van der Waals surface area contributed by atoms with Gasteiger partial charge in [-0.15, -0.1) is 0 Å². The van der Waals surface area contributed by atoms with E-state index in [1.54, 1.807) is 12.1 Å². The number of nitro benzene ring substituents is 1. The van der Waals surface area contributed by atoms with Gasteiger partial charge in [0.05, 0.1) is 16.8 Å². The zero-order chi connectivity index (χ0) is 16.4. The van der Waals surface area contributed by atoms with Gasteiger partial charge in [-0.05, 0) is 30.9 Å². The Labute approximate surface area is 136 Å². The third kappa shape index (κ3) is 1.76. The molecule has 8 nitrogen and oxygen atoms in total. The SMILES string of the molecule is O=C1O[C@@H]2C[C@H]3C[C@@H]2[C@H]1[C@@H]3c1nc(-c2ccc([N+](=O)[O-])cc2)no1. The molecule has 5 atom stereocenters. The summed E-state index contributed by atoms with van der Waals surface area (Å²) in [6, 6.07) is 5.99. The first-order chi connectivity index (χ1) is 11.6. The van der Waals surface area contributed by atoms with E-state index in [0.29, 0.717) is 23.2 Å². The molecule has 1 aliphatic heterocycles. The van der Waals surface area contributed by atoms with Crippen LogP contribution < -0.4 is 0 Å². The predicted molar refractivity (Wildman–Crippen MR) is 78.7 cm³/mol. The number of hydrogen-bond acceptors (Lipinski definition) is 7. The standard InChI is InChI=1S/C16H13N3O5/c20-16-13-10-5-8(6-11(10)23-16)12(13)15-17-14(18-24-15)7-1-3-9(4-2-7)19(21)22/h1-4,8,10-13H,5-6H2/t8-,10+,11-,12-,13+/m1/s1. The van der Waals surface area contributed by atoms with Crippen molar-refractivity contribution in [1.82, 2.24) is 10.1 Å². The van der Waals surface area contributed by atoms with Crippen molar-refractivity contribution in [3.63, 3.8) is 0 Å². The van der Waals surface area contributed by atoms with Gasteiger partial charge in [0.2, 0.25) is 11.7 Å². The number of ether oxygens (including phenoxy) is 1. The highest BCUT2D eigenvalue weighted by molar-refractivity contribution is 5.78. The third-order valence-electron chi connectivity index (χ3n) is 5.55. The maximum Gasteiger partial charge on any atom is 0.310 e. The molecular weight excluding hydrogens is 314 g/mol. The third-order valence-corrected chi connectivity index (χ3v) is 5.55. The van der Waals surface area contributed by atoms with Crippen LogP contribution in [-0.4, -0.2) is 27.1 Å². The smallest absolute Gasteiger partial charge is 0.310 e. The second-order valence-corrected chi connectivity index (χ2v) is 6.68. The summed E-state index contributed by atoms with van der Waals surface area (Å²) in [5.74, 6) is 1.09. The first-order valence-electron chi connectivity index (χ1n) is 7.91. The number of non-ortho nitro benzene ring substituents is 1. The second-order valence-electron chi connectivity index (χ2n) is 6.68. The lowest BCUT2D eigenvalue weighted by atomic mass is 9.80. The predicted octanol–water partition coefficient (Wildman–Crippen LogP) is 2.31. The van der Waals surface area contributed by atoms with Gasteiger partial charge >= 0.3 is 5.97 Å². The van der Waals surface area contributed by atoms with Gasteiger partial charge in [-0.1, -0.05) is 5.16 Å². The first kappa shape index (κ1) is 13.6. The number of benzene rings is 1. The summed E-state index contributed by atoms with van der Waals surface area (Å²) in [4.78, 5) is 26.8. The van der Waals surface area contributed by atoms with E-state index in [1.807, 2.05) is 0 Å². The van der Waals surface area contributed by atoms with Crippen molar-refractivity contribution >= 4 is 11.7 Å². The molecule has 1 aromatic carbocycles. The van der Waals surface area contributed by atoms with Crippen LogP contribution in [-0.2, 0) is 9.53 Å². The van der Waals surface area contributed by atoms with Gasteiger partial charge in [0, 0.05) is 23.6 Å². The lowest BCUT2D eigenvalue weighted by molar-refractivity contribution is -0.384. The van der Waals surface area contributed by atoms with Crippen molar-refractivity contribution < 1.29 is 19.0 Å². The van der Waals surface area contributed by atoms with Gasteiger partial charge in [0.1, 0.15) is 6.10 Å². The number of carbonyl (C=O) groups excluding carboxylic acids is 1. The Bertz CT molecular complexity index is 844. The van der Waals surface area contributed by atoms with Crippen LogP contribution in [0.3, 0.4) is 0 Å². The van der Waals surface area contributed by atoms with Crippen LogP contribution in [0.25, 0.3) is 11.4 Å². The summed E-state index contributed by atoms with van der Waals surface area (Å²) < 4.78 is 10.9. The molecule has 0 spiro atoms. The average Bonchev–Trinajstić information content (AvgIpc) is 3.30. The molecule has 0 amide bonds. The van der Waals surface area contributed by atoms with Gasteiger partial charge in [-0.25, -0.2) is 0 Å². The van der Waals surface area contributed by atoms with Crippen LogP contribution in [0, 0.1) is 27.9 Å². The van der Waals surface area contributed by atoms with Gasteiger partial charge in [0.25, 0.3) is 5.69 Å². The summed E-state index contributed by atoms with van der Waals surface area (Å²) in [6.07, 6.45) is 1.91. The Hall–Kier alpha value is -2.77. The fourth-order valence-corrected chi connectivity index (χ4v) is 4.56. The Morgan fingerprint density at radius 3 is 2.71 bits per heavy atom. The molecule has 24 heavy (non-hydrogen) atoms. The lowest BCUT2D eigenvalue weighted by Crippen LogP contribution is -2.24. The zero-order valence-corrected chi connectivity index (χ0v) is 12.5. The highest BCUT2D eigenvalue weighted by atomic mass is 16.6. The van der Waals surface area contributed by atoms with E-state index in [1.165, 1.54) is 12.1 Å². The van der Waals surface area contributed by atoms with Crippen molar-refractivity contribution in [3.8, 4) is 11.4 Å². The van der Waals surface area contributed by atoms with Gasteiger partial charge in [-0.3, -0.25) is 14.9 Å². The maximum absolute atomic E-state index is 12.1. The minimum atomic E-state index is -0.456. The zero-order valence-electron chi connectivity index (χ0n) is 12.5. The summed E-state index contributed by atoms with van der Waals surface area (Å²) >= 11 is 0. The van der Waals surface area contributed by atoms with Crippen LogP contribution in [0.15, 0.2) is 28.8 Å². The van der Waals surface area contributed by atoms with E-state index in [2.05, 4.69) is 10.1 Å². The molecule has 2 heterocycles. The molecule has 3 fully saturated rings. The number of carbonyl (C=O) groups is 1. The molecule has 2 bridgehead atoms. The van der Waals surface area contributed by atoms with Crippen molar-refractivity contribution in [3.05, 3.63) is 40.3 Å². The first-order valence-corrected chi connectivity index (χ1v) is 7.91. The average molecular weight is 327 g/mol. The molecule has 2 aliphatic carbocycles. The van der Waals surface area contributed by atoms with Crippen molar-refractivity contribution in [1.29, 1.82) is 0 Å². The summed E-state index contributed by atoms with van der Waals surface area (Å²) in [7, 11) is 0. The van der Waals surface area contributed by atoms with E-state index in [9.17, 15) is 14.9 Å². The number of rotatable bonds is 3. The molecule has 2 saturated carbocycles. The highest BCUT2D eigenvalue weighted by Crippen LogP contribution is 2.61. The van der Waals surface area contributed by atoms with Crippen molar-refractivity contribution in [2.45, 2.75) is 24.9 Å². The van der Waals surface area contributed by atoms with Crippen LogP contribution in [0.5, 0.6) is 0 Å². The van der Waals surface area contributed by atoms with E-state index >= 15 is 0 Å². The van der Waals surface area contributed by atoms with E-state index in [4.69, 9.17) is 9.26 Å². The van der Waals surface area contributed by atoms with E-state index in [-0.39, 0.29) is 35.5 Å². The molecular formula is C16H13N3O5. The second kappa shape index (κ2) is 4.62. The minimum Gasteiger partial charge on any atom is -0.462 e. The van der Waals surface area contributed by atoms with E-state index < -0.39 is 4.92 Å². The van der Waals surface area contributed by atoms with Gasteiger partial charge < -0.3 is 9.26 Å². The Morgan fingerprint density at radius 1 is 1.17 bits per heavy atom. The molecule has 3 aliphatic rings. The van der Waals surface area contributed by atoms with Crippen LogP contribution >= 0.6 is 0 Å². The fourth-order valence-electron chi connectivity index (χ4n) is 4.56. The molecule has 5 rings (SSSR count).